The number of hydrogen-bond donors (Lipinski definition) is 0. The number of esters is 1. The van der Waals surface area contributed by atoms with Crippen LogP contribution in [0.4, 0.5) is 0 Å². The monoisotopic (exact) mass is 305 g/mol. The number of carbonyl (C=O) groups is 1. The van der Waals surface area contributed by atoms with Crippen LogP contribution in [0.5, 0.6) is 17.4 Å². The standard InChI is InChI=1S/C19H15NO3/c1-14-5-4-6-15(13-14)19(21)23-17-10-8-16(9-11-17)22-18-7-2-3-12-20-18/h2-13H,1H3. The van der Waals surface area contributed by atoms with Crippen molar-refractivity contribution in [3.8, 4) is 17.4 Å². The van der Waals surface area contributed by atoms with Crippen molar-refractivity contribution in [2.24, 2.45) is 0 Å². The molecular formula is C19H15NO3. The second kappa shape index (κ2) is 6.75. The summed E-state index contributed by atoms with van der Waals surface area (Å²) >= 11 is 0. The van der Waals surface area contributed by atoms with E-state index in [0.717, 1.165) is 5.56 Å². The van der Waals surface area contributed by atoms with Crippen LogP contribution >= 0.6 is 0 Å². The van der Waals surface area contributed by atoms with Gasteiger partial charge in [0.25, 0.3) is 0 Å². The maximum Gasteiger partial charge on any atom is 0.343 e. The Kier molecular flexibility index (Phi) is 4.34. The summed E-state index contributed by atoms with van der Waals surface area (Å²) in [5, 5.41) is 0. The average Bonchev–Trinajstić information content (AvgIpc) is 2.57. The first-order valence-corrected chi connectivity index (χ1v) is 7.18. The van der Waals surface area contributed by atoms with Gasteiger partial charge < -0.3 is 9.47 Å². The van der Waals surface area contributed by atoms with Gasteiger partial charge in [-0.3, -0.25) is 0 Å². The lowest BCUT2D eigenvalue weighted by Crippen LogP contribution is -2.08. The van der Waals surface area contributed by atoms with Gasteiger partial charge in [-0.1, -0.05) is 23.8 Å². The molecule has 0 unspecified atom stereocenters. The molecule has 114 valence electrons. The predicted molar refractivity (Wildman–Crippen MR) is 86.9 cm³/mol. The molecule has 0 spiro atoms. The van der Waals surface area contributed by atoms with E-state index in [0.29, 0.717) is 22.9 Å². The van der Waals surface area contributed by atoms with Crippen molar-refractivity contribution in [3.05, 3.63) is 84.1 Å². The smallest absolute Gasteiger partial charge is 0.343 e. The van der Waals surface area contributed by atoms with Gasteiger partial charge in [0.1, 0.15) is 11.5 Å². The first-order chi connectivity index (χ1) is 11.2. The highest BCUT2D eigenvalue weighted by molar-refractivity contribution is 5.91. The summed E-state index contributed by atoms with van der Waals surface area (Å²) in [6, 6.07) is 19.6. The molecule has 0 N–H and O–H groups in total. The molecule has 4 heteroatoms. The molecule has 0 amide bonds. The molecule has 0 aliphatic carbocycles. The molecule has 4 nitrogen and oxygen atoms in total. The van der Waals surface area contributed by atoms with Crippen LogP contribution in [0.1, 0.15) is 15.9 Å². The Balaban J connectivity index is 1.67. The number of hydrogen-bond acceptors (Lipinski definition) is 4. The molecule has 0 saturated carbocycles. The van der Waals surface area contributed by atoms with Crippen molar-refractivity contribution in [1.82, 2.24) is 4.98 Å². The van der Waals surface area contributed by atoms with E-state index in [1.807, 2.05) is 31.2 Å². The topological polar surface area (TPSA) is 48.4 Å². The molecule has 0 atom stereocenters. The Bertz CT molecular complexity index is 798. The third kappa shape index (κ3) is 3.95. The average molecular weight is 305 g/mol. The number of carbonyl (C=O) groups excluding carboxylic acids is 1. The van der Waals surface area contributed by atoms with Gasteiger partial charge in [0.15, 0.2) is 0 Å². The van der Waals surface area contributed by atoms with E-state index in [2.05, 4.69) is 4.98 Å². The molecule has 0 radical (unpaired) electrons. The third-order valence-electron chi connectivity index (χ3n) is 3.15. The number of benzene rings is 2. The third-order valence-corrected chi connectivity index (χ3v) is 3.15. The van der Waals surface area contributed by atoms with Crippen molar-refractivity contribution in [1.29, 1.82) is 0 Å². The van der Waals surface area contributed by atoms with Gasteiger partial charge in [-0.2, -0.15) is 0 Å². The SMILES string of the molecule is Cc1cccc(C(=O)Oc2ccc(Oc3ccccn3)cc2)c1. The van der Waals surface area contributed by atoms with E-state index in [9.17, 15) is 4.79 Å². The van der Waals surface area contributed by atoms with E-state index >= 15 is 0 Å². The highest BCUT2D eigenvalue weighted by atomic mass is 16.5. The van der Waals surface area contributed by atoms with Gasteiger partial charge >= 0.3 is 5.97 Å². The van der Waals surface area contributed by atoms with Crippen LogP contribution in [-0.2, 0) is 0 Å². The highest BCUT2D eigenvalue weighted by Crippen LogP contribution is 2.22. The molecule has 3 rings (SSSR count). The summed E-state index contributed by atoms with van der Waals surface area (Å²) in [7, 11) is 0. The van der Waals surface area contributed by atoms with Crippen LogP contribution in [0.25, 0.3) is 0 Å². The number of pyridine rings is 1. The lowest BCUT2D eigenvalue weighted by Gasteiger charge is -2.07. The van der Waals surface area contributed by atoms with Crippen LogP contribution in [0.2, 0.25) is 0 Å². The molecule has 0 fully saturated rings. The molecule has 0 aliphatic heterocycles. The maximum atomic E-state index is 12.1. The Labute approximate surface area is 134 Å². The van der Waals surface area contributed by atoms with Crippen molar-refractivity contribution in [3.63, 3.8) is 0 Å². The second-order valence-corrected chi connectivity index (χ2v) is 5.00. The number of aryl methyl sites for hydroxylation is 1. The van der Waals surface area contributed by atoms with Crippen molar-refractivity contribution in [2.75, 3.05) is 0 Å². The molecule has 0 aliphatic rings. The lowest BCUT2D eigenvalue weighted by atomic mass is 10.1. The maximum absolute atomic E-state index is 12.1. The first-order valence-electron chi connectivity index (χ1n) is 7.18. The van der Waals surface area contributed by atoms with Crippen LogP contribution < -0.4 is 9.47 Å². The van der Waals surface area contributed by atoms with E-state index < -0.39 is 0 Å². The summed E-state index contributed by atoms with van der Waals surface area (Å²) < 4.78 is 10.9. The van der Waals surface area contributed by atoms with Gasteiger partial charge in [0, 0.05) is 12.3 Å². The van der Waals surface area contributed by atoms with Crippen LogP contribution in [0, 0.1) is 6.92 Å². The Morgan fingerprint density at radius 3 is 2.39 bits per heavy atom. The molecular weight excluding hydrogens is 290 g/mol. The van der Waals surface area contributed by atoms with Gasteiger partial charge in [0.05, 0.1) is 5.56 Å². The Hall–Kier alpha value is -3.14. The second-order valence-electron chi connectivity index (χ2n) is 5.00. The van der Waals surface area contributed by atoms with Gasteiger partial charge in [-0.25, -0.2) is 9.78 Å². The zero-order valence-electron chi connectivity index (χ0n) is 12.6. The summed E-state index contributed by atoms with van der Waals surface area (Å²) in [6.07, 6.45) is 1.66. The van der Waals surface area contributed by atoms with Gasteiger partial charge in [-0.15, -0.1) is 0 Å². The summed E-state index contributed by atoms with van der Waals surface area (Å²) in [4.78, 5) is 16.2. The number of aromatic nitrogens is 1. The number of ether oxygens (including phenoxy) is 2. The number of rotatable bonds is 4. The fourth-order valence-electron chi connectivity index (χ4n) is 2.04. The summed E-state index contributed by atoms with van der Waals surface area (Å²) in [5.41, 5.74) is 1.54. The largest absolute Gasteiger partial charge is 0.439 e. The molecule has 1 heterocycles. The fourth-order valence-corrected chi connectivity index (χ4v) is 2.04. The number of nitrogens with zero attached hydrogens (tertiary/aromatic N) is 1. The minimum Gasteiger partial charge on any atom is -0.439 e. The summed E-state index contributed by atoms with van der Waals surface area (Å²) in [6.45, 7) is 1.93. The van der Waals surface area contributed by atoms with E-state index in [-0.39, 0.29) is 5.97 Å². The van der Waals surface area contributed by atoms with Gasteiger partial charge in [-0.05, 0) is 49.4 Å². The van der Waals surface area contributed by atoms with Crippen LogP contribution in [0.15, 0.2) is 72.9 Å². The van der Waals surface area contributed by atoms with Gasteiger partial charge in [0.2, 0.25) is 5.88 Å². The summed E-state index contributed by atoms with van der Waals surface area (Å²) in [5.74, 6) is 1.22. The predicted octanol–water partition coefficient (Wildman–Crippen LogP) is 4.40. The van der Waals surface area contributed by atoms with Crippen LogP contribution in [0.3, 0.4) is 0 Å². The van der Waals surface area contributed by atoms with E-state index in [1.165, 1.54) is 0 Å². The van der Waals surface area contributed by atoms with Crippen LogP contribution in [-0.4, -0.2) is 11.0 Å². The van der Waals surface area contributed by atoms with E-state index in [1.54, 1.807) is 48.7 Å². The molecule has 2 aromatic carbocycles. The normalized spacial score (nSPS) is 10.1. The highest BCUT2D eigenvalue weighted by Gasteiger charge is 2.08. The van der Waals surface area contributed by atoms with Crippen molar-refractivity contribution < 1.29 is 14.3 Å². The molecule has 0 bridgehead atoms. The molecule has 23 heavy (non-hydrogen) atoms. The minimum absolute atomic E-state index is 0.382. The quantitative estimate of drug-likeness (QED) is 0.529. The minimum atomic E-state index is -0.382. The molecule has 1 aromatic heterocycles. The Morgan fingerprint density at radius 1 is 0.913 bits per heavy atom. The fraction of sp³-hybridized carbons (Fsp3) is 0.0526. The zero-order valence-corrected chi connectivity index (χ0v) is 12.6. The molecule has 0 saturated heterocycles. The van der Waals surface area contributed by atoms with Crippen molar-refractivity contribution >= 4 is 5.97 Å². The zero-order chi connectivity index (χ0) is 16.1. The lowest BCUT2D eigenvalue weighted by molar-refractivity contribution is 0.0734. The van der Waals surface area contributed by atoms with Crippen molar-refractivity contribution in [2.45, 2.75) is 6.92 Å². The first kappa shape index (κ1) is 14.8. The van der Waals surface area contributed by atoms with E-state index in [4.69, 9.17) is 9.47 Å². The molecule has 3 aromatic rings. The Morgan fingerprint density at radius 2 is 1.70 bits per heavy atom.